The van der Waals surface area contributed by atoms with Crippen molar-refractivity contribution in [2.75, 3.05) is 34.4 Å². The smallest absolute Gasteiger partial charge is 0.320 e. The van der Waals surface area contributed by atoms with Crippen LogP contribution in [0.2, 0.25) is 0 Å². The quantitative estimate of drug-likeness (QED) is 0.744. The Kier molecular flexibility index (Phi) is 7.31. The van der Waals surface area contributed by atoms with Crippen LogP contribution in [0.3, 0.4) is 0 Å². The third kappa shape index (κ3) is 4.10. The Labute approximate surface area is 146 Å². The average molecular weight is 360 g/mol. The molecule has 0 amide bonds. The lowest BCUT2D eigenvalue weighted by Gasteiger charge is -2.20. The van der Waals surface area contributed by atoms with Crippen molar-refractivity contribution in [2.45, 2.75) is 18.9 Å². The van der Waals surface area contributed by atoms with Gasteiger partial charge in [0.15, 0.2) is 17.3 Å². The van der Waals surface area contributed by atoms with Crippen molar-refractivity contribution in [3.63, 3.8) is 0 Å². The van der Waals surface area contributed by atoms with Crippen molar-refractivity contribution < 1.29 is 28.9 Å². The number of benzene rings is 1. The number of hydrogen-bond donors (Lipinski definition) is 1. The minimum absolute atomic E-state index is 0. The van der Waals surface area contributed by atoms with E-state index < -0.39 is 12.0 Å². The molecule has 1 atom stereocenters. The van der Waals surface area contributed by atoms with Crippen LogP contribution in [-0.4, -0.2) is 62.2 Å². The number of ketones is 1. The highest BCUT2D eigenvalue weighted by Crippen LogP contribution is 2.38. The van der Waals surface area contributed by atoms with Gasteiger partial charge in [0.05, 0.1) is 27.9 Å². The molecule has 24 heavy (non-hydrogen) atoms. The number of ether oxygens (including phenoxy) is 3. The largest absolute Gasteiger partial charge is 0.493 e. The fourth-order valence-corrected chi connectivity index (χ4v) is 2.81. The lowest BCUT2D eigenvalue weighted by molar-refractivity contribution is -0.141. The van der Waals surface area contributed by atoms with Gasteiger partial charge in [-0.05, 0) is 31.5 Å². The summed E-state index contributed by atoms with van der Waals surface area (Å²) in [5.41, 5.74) is 0.399. The van der Waals surface area contributed by atoms with Crippen LogP contribution in [0, 0.1) is 0 Å². The molecule has 1 N–H and O–H groups in total. The number of carboxylic acid groups (broad SMARTS) is 1. The van der Waals surface area contributed by atoms with Gasteiger partial charge in [-0.1, -0.05) is 0 Å². The van der Waals surface area contributed by atoms with E-state index in [-0.39, 0.29) is 24.7 Å². The van der Waals surface area contributed by atoms with Crippen molar-refractivity contribution >= 4 is 24.2 Å². The van der Waals surface area contributed by atoms with Gasteiger partial charge in [-0.2, -0.15) is 0 Å². The van der Waals surface area contributed by atoms with Crippen LogP contribution < -0.4 is 14.2 Å². The minimum Gasteiger partial charge on any atom is -0.493 e. The first-order valence-electron chi connectivity index (χ1n) is 7.31. The number of likely N-dealkylation sites (tertiary alicyclic amines) is 1. The number of Topliss-reactive ketones (excluding diaryl/α,β-unsaturated/α-hetero) is 1. The van der Waals surface area contributed by atoms with E-state index in [2.05, 4.69) is 0 Å². The van der Waals surface area contributed by atoms with E-state index >= 15 is 0 Å². The number of hydrogen-bond acceptors (Lipinski definition) is 6. The van der Waals surface area contributed by atoms with Crippen LogP contribution in [0.15, 0.2) is 12.1 Å². The molecule has 2 rings (SSSR count). The fourth-order valence-electron chi connectivity index (χ4n) is 2.81. The fraction of sp³-hybridized carbons (Fsp3) is 0.500. The van der Waals surface area contributed by atoms with Gasteiger partial charge in [0.2, 0.25) is 5.75 Å². The Morgan fingerprint density at radius 1 is 1.17 bits per heavy atom. The van der Waals surface area contributed by atoms with Crippen LogP contribution in [-0.2, 0) is 4.79 Å². The van der Waals surface area contributed by atoms with E-state index in [0.717, 1.165) is 6.42 Å². The molecule has 7 nitrogen and oxygen atoms in total. The van der Waals surface area contributed by atoms with Crippen LogP contribution in [0.5, 0.6) is 17.2 Å². The molecule has 1 aromatic carbocycles. The SMILES string of the molecule is COc1cc(C(=O)CN2CCC[C@H]2C(=O)O)cc(OC)c1OC.Cl. The van der Waals surface area contributed by atoms with E-state index in [1.54, 1.807) is 17.0 Å². The molecule has 0 radical (unpaired) electrons. The molecular formula is C16H22ClNO6. The lowest BCUT2D eigenvalue weighted by Crippen LogP contribution is -2.39. The standard InChI is InChI=1S/C16H21NO6.ClH/c1-21-13-7-10(8-14(22-2)15(13)23-3)12(18)9-17-6-4-5-11(17)16(19)20;/h7-8,11H,4-6,9H2,1-3H3,(H,19,20);1H/t11-;/m0./s1. The Hall–Kier alpha value is -1.99. The summed E-state index contributed by atoms with van der Waals surface area (Å²) in [6.45, 7) is 0.655. The van der Waals surface area contributed by atoms with Gasteiger partial charge in [0.25, 0.3) is 0 Å². The second-order valence-corrected chi connectivity index (χ2v) is 5.30. The van der Waals surface area contributed by atoms with Crippen molar-refractivity contribution in [3.05, 3.63) is 17.7 Å². The first kappa shape index (κ1) is 20.1. The monoisotopic (exact) mass is 359 g/mol. The normalized spacial score (nSPS) is 17.0. The van der Waals surface area contributed by atoms with E-state index in [1.165, 1.54) is 21.3 Å². The maximum Gasteiger partial charge on any atom is 0.320 e. The Morgan fingerprint density at radius 3 is 2.21 bits per heavy atom. The third-order valence-corrected chi connectivity index (χ3v) is 3.98. The molecule has 134 valence electrons. The van der Waals surface area contributed by atoms with E-state index in [1.807, 2.05) is 0 Å². The summed E-state index contributed by atoms with van der Waals surface area (Å²) in [5.74, 6) is 0.131. The Bertz CT molecular complexity index is 581. The predicted octanol–water partition coefficient (Wildman–Crippen LogP) is 1.87. The molecule has 1 aliphatic heterocycles. The summed E-state index contributed by atoms with van der Waals surface area (Å²) in [4.78, 5) is 25.4. The van der Waals surface area contributed by atoms with Crippen molar-refractivity contribution in [1.82, 2.24) is 4.90 Å². The molecular weight excluding hydrogens is 338 g/mol. The number of halogens is 1. The summed E-state index contributed by atoms with van der Waals surface area (Å²) in [5, 5.41) is 9.19. The van der Waals surface area contributed by atoms with Crippen LogP contribution in [0.25, 0.3) is 0 Å². The molecule has 8 heteroatoms. The highest BCUT2D eigenvalue weighted by Gasteiger charge is 2.32. The van der Waals surface area contributed by atoms with Gasteiger partial charge < -0.3 is 19.3 Å². The first-order chi connectivity index (χ1) is 11.0. The van der Waals surface area contributed by atoms with Gasteiger partial charge >= 0.3 is 5.97 Å². The van der Waals surface area contributed by atoms with Crippen molar-refractivity contribution in [1.29, 1.82) is 0 Å². The van der Waals surface area contributed by atoms with Crippen LogP contribution in [0.4, 0.5) is 0 Å². The Morgan fingerprint density at radius 2 is 1.75 bits per heavy atom. The number of methoxy groups -OCH3 is 3. The van der Waals surface area contributed by atoms with Crippen molar-refractivity contribution in [3.8, 4) is 17.2 Å². The molecule has 0 unspecified atom stereocenters. The molecule has 1 aromatic rings. The topological polar surface area (TPSA) is 85.3 Å². The van der Waals surface area contributed by atoms with Crippen LogP contribution in [0.1, 0.15) is 23.2 Å². The van der Waals surface area contributed by atoms with E-state index in [4.69, 9.17) is 14.2 Å². The molecule has 0 aliphatic carbocycles. The molecule has 0 saturated carbocycles. The Balaban J connectivity index is 0.00000288. The molecule has 0 aromatic heterocycles. The number of carboxylic acids is 1. The summed E-state index contributed by atoms with van der Waals surface area (Å²) < 4.78 is 15.7. The number of carbonyl (C=O) groups excluding carboxylic acids is 1. The summed E-state index contributed by atoms with van der Waals surface area (Å²) in [6.07, 6.45) is 1.34. The highest BCUT2D eigenvalue weighted by molar-refractivity contribution is 5.99. The molecule has 1 fully saturated rings. The molecule has 1 heterocycles. The van der Waals surface area contributed by atoms with Gasteiger partial charge in [0.1, 0.15) is 6.04 Å². The molecule has 0 bridgehead atoms. The summed E-state index contributed by atoms with van der Waals surface area (Å²) in [7, 11) is 4.45. The number of aliphatic carboxylic acids is 1. The maximum absolute atomic E-state index is 12.5. The predicted molar refractivity (Wildman–Crippen MR) is 89.9 cm³/mol. The van der Waals surface area contributed by atoms with E-state index in [0.29, 0.717) is 35.8 Å². The zero-order valence-corrected chi connectivity index (χ0v) is 14.7. The summed E-state index contributed by atoms with van der Waals surface area (Å²) >= 11 is 0. The zero-order chi connectivity index (χ0) is 17.0. The van der Waals surface area contributed by atoms with Gasteiger partial charge in [0, 0.05) is 5.56 Å². The highest BCUT2D eigenvalue weighted by atomic mass is 35.5. The molecule has 1 saturated heterocycles. The van der Waals surface area contributed by atoms with Gasteiger partial charge in [-0.15, -0.1) is 12.4 Å². The third-order valence-electron chi connectivity index (χ3n) is 3.98. The first-order valence-corrected chi connectivity index (χ1v) is 7.31. The molecule has 0 spiro atoms. The maximum atomic E-state index is 12.5. The van der Waals surface area contributed by atoms with Crippen molar-refractivity contribution in [2.24, 2.45) is 0 Å². The molecule has 1 aliphatic rings. The van der Waals surface area contributed by atoms with E-state index in [9.17, 15) is 14.7 Å². The van der Waals surface area contributed by atoms with Gasteiger partial charge in [-0.25, -0.2) is 0 Å². The summed E-state index contributed by atoms with van der Waals surface area (Å²) in [6, 6.07) is 2.56. The zero-order valence-electron chi connectivity index (χ0n) is 13.9. The second-order valence-electron chi connectivity index (χ2n) is 5.30. The van der Waals surface area contributed by atoms with Crippen LogP contribution >= 0.6 is 12.4 Å². The number of rotatable bonds is 7. The number of carbonyl (C=O) groups is 2. The number of nitrogens with zero attached hydrogens (tertiary/aromatic N) is 1. The lowest BCUT2D eigenvalue weighted by atomic mass is 10.1. The average Bonchev–Trinajstić information content (AvgIpc) is 3.01. The van der Waals surface area contributed by atoms with Gasteiger partial charge in [-0.3, -0.25) is 14.5 Å². The second kappa shape index (κ2) is 8.75. The minimum atomic E-state index is -0.889.